The lowest BCUT2D eigenvalue weighted by atomic mass is 9.89. The molecule has 1 unspecified atom stereocenters. The third-order valence-electron chi connectivity index (χ3n) is 25.5. The average molecular weight is 1720 g/mol. The highest BCUT2D eigenvalue weighted by atomic mass is 19.1. The third kappa shape index (κ3) is 16.6. The highest BCUT2D eigenvalue weighted by molar-refractivity contribution is 5.90. The van der Waals surface area contributed by atoms with E-state index in [4.69, 9.17) is 0 Å². The zero-order valence-corrected chi connectivity index (χ0v) is 74.0. The molecule has 12 heterocycles. The second-order valence-electron chi connectivity index (χ2n) is 34.5. The predicted octanol–water partition coefficient (Wildman–Crippen LogP) is 13.6. The summed E-state index contributed by atoms with van der Waals surface area (Å²) in [6.07, 6.45) is 12.1. The summed E-state index contributed by atoms with van der Waals surface area (Å²) in [7, 11) is 5.58. The number of hydrogen-bond acceptors (Lipinski definition) is 21. The largest absolute Gasteiger partial charge is 0.508 e. The van der Waals surface area contributed by atoms with Crippen molar-refractivity contribution < 1.29 is 42.9 Å². The Morgan fingerprint density at radius 2 is 0.794 bits per heavy atom. The number of phenols is 3. The van der Waals surface area contributed by atoms with Crippen LogP contribution in [0.4, 0.5) is 48.1 Å². The van der Waals surface area contributed by atoms with Gasteiger partial charge in [-0.2, -0.15) is 15.0 Å². The molecule has 0 spiro atoms. The first-order valence-electron chi connectivity index (χ1n) is 43.1. The van der Waals surface area contributed by atoms with E-state index in [9.17, 15) is 44.1 Å². The molecule has 0 saturated carbocycles. The third-order valence-corrected chi connectivity index (χ3v) is 25.5. The molecule has 3 fully saturated rings. The van der Waals surface area contributed by atoms with Crippen LogP contribution in [0.5, 0.6) is 17.2 Å². The van der Waals surface area contributed by atoms with Crippen molar-refractivity contribution in [3.63, 3.8) is 0 Å². The maximum absolute atomic E-state index is 15.8. The van der Waals surface area contributed by atoms with Gasteiger partial charge < -0.3 is 59.4 Å². The highest BCUT2D eigenvalue weighted by Gasteiger charge is 2.43. The molecule has 6 aliphatic rings. The molecule has 6 aliphatic heterocycles. The Labute approximate surface area is 731 Å². The van der Waals surface area contributed by atoms with Gasteiger partial charge in [0.2, 0.25) is 17.7 Å². The Morgan fingerprint density at radius 3 is 1.16 bits per heavy atom. The lowest BCUT2D eigenvalue weighted by Crippen LogP contribution is -2.54. The molecule has 3 saturated heterocycles. The fraction of sp³-hybridized carbons (Fsp3) is 0.396. The van der Waals surface area contributed by atoms with Crippen molar-refractivity contribution in [3.05, 3.63) is 258 Å². The number of aromatic nitrogens is 9. The number of aromatic hydroxyl groups is 3. The van der Waals surface area contributed by atoms with Crippen LogP contribution in [0.15, 0.2) is 162 Å². The van der Waals surface area contributed by atoms with E-state index in [0.29, 0.717) is 149 Å². The number of benzene rings is 4. The second kappa shape index (κ2) is 36.6. The number of fused-ring (bicyclic) bond motifs is 4. The topological polar surface area (TPSA) is 284 Å². The van der Waals surface area contributed by atoms with Crippen LogP contribution in [0.25, 0.3) is 27.8 Å². The standard InChI is InChI=1S/C34H37FN6O3.2C31H37FN6O3/c1-6-29(43)39-15-16-40(21(4)19-39)32-25-11-12-28(26-18-23(42)17-22-9-7-8-10-24(22)26)38(5)33(25)41(34(44)37-32)31-27(35)13-14-36-30(31)20(2)3;2*1-7-25(40)36-15-16-37(20(5)17-36)29-21-11-12-23(26-22(32)9-8-10-24(26)39)35(6)30(21)38(31(41)34-29)28-19(4)13-14-33-27(28)18(2)3/h6-10,13-14,17-18,20-21,28,42H,1,11-12,15-16,19H2,2-5H3;2*7-10,13-14,18,20,23,39H,1,11-12,15-17H2,2-6H3/t21-,28?;20-,23+;20-,23-/m000/s1. The van der Waals surface area contributed by atoms with Crippen molar-refractivity contribution in [2.45, 2.75) is 169 Å². The van der Waals surface area contributed by atoms with Gasteiger partial charge in [0.05, 0.1) is 57.7 Å². The molecular weight excluding hydrogens is 1610 g/mol. The lowest BCUT2D eigenvalue weighted by Gasteiger charge is -2.43. The quantitative estimate of drug-likeness (QED) is 0.0804. The summed E-state index contributed by atoms with van der Waals surface area (Å²) >= 11 is 0. The Bertz CT molecular complexity index is 5860. The first kappa shape index (κ1) is 89.1. The predicted molar refractivity (Wildman–Crippen MR) is 485 cm³/mol. The molecule has 4 aromatic carbocycles. The van der Waals surface area contributed by atoms with E-state index in [-0.39, 0.29) is 93.7 Å². The summed E-state index contributed by atoms with van der Waals surface area (Å²) < 4.78 is 50.7. The summed E-state index contributed by atoms with van der Waals surface area (Å²) in [5.41, 5.74) is 7.56. The number of piperazine rings is 3. The lowest BCUT2D eigenvalue weighted by molar-refractivity contribution is -0.127. The highest BCUT2D eigenvalue weighted by Crippen LogP contribution is 2.50. The number of halogens is 3. The van der Waals surface area contributed by atoms with Crippen molar-refractivity contribution in [2.75, 3.05) is 109 Å². The molecule has 0 aliphatic carbocycles. The number of anilines is 6. The van der Waals surface area contributed by atoms with Crippen LogP contribution in [0.2, 0.25) is 0 Å². The van der Waals surface area contributed by atoms with E-state index in [1.54, 1.807) is 48.4 Å². The fourth-order valence-corrected chi connectivity index (χ4v) is 19.4. The monoisotopic (exact) mass is 1720 g/mol. The Balaban J connectivity index is 0.000000153. The van der Waals surface area contributed by atoms with Gasteiger partial charge >= 0.3 is 17.1 Å². The zero-order valence-electron chi connectivity index (χ0n) is 74.0. The molecule has 10 aromatic rings. The summed E-state index contributed by atoms with van der Waals surface area (Å²) in [6.45, 7) is 37.1. The number of hydrogen-bond donors (Lipinski definition) is 3. The summed E-state index contributed by atoms with van der Waals surface area (Å²) in [5.74, 6) is 1.39. The normalized spacial score (nSPS) is 18.8. The van der Waals surface area contributed by atoms with Crippen molar-refractivity contribution in [3.8, 4) is 34.3 Å². The number of rotatable bonds is 15. The van der Waals surface area contributed by atoms with Crippen molar-refractivity contribution >= 4 is 63.4 Å². The van der Waals surface area contributed by atoms with Gasteiger partial charge in [0.15, 0.2) is 5.82 Å². The molecule has 660 valence electrons. The van der Waals surface area contributed by atoms with Gasteiger partial charge in [-0.15, -0.1) is 0 Å². The Morgan fingerprint density at radius 1 is 0.444 bits per heavy atom. The number of amides is 3. The van der Waals surface area contributed by atoms with E-state index in [1.165, 1.54) is 71.5 Å². The number of phenolic OH excluding ortho intramolecular Hbond substituents is 3. The molecule has 0 radical (unpaired) electrons. The van der Waals surface area contributed by atoms with Crippen LogP contribution in [-0.4, -0.2) is 190 Å². The molecule has 27 nitrogen and oxygen atoms in total. The SMILES string of the molecule is C=CC(=O)N1CCN(c2nc(=O)n(-c3c(C)ccnc3C(C)C)c3c2CC[C@@H](c2c(O)cccc2F)N3C)[C@@H](C)C1.C=CC(=O)N1CCN(c2nc(=O)n(-c3c(C)ccnc3C(C)C)c3c2CC[C@H](c2c(O)cccc2F)N3C)[C@@H](C)C1.C=CC(=O)N1CCN(c2nc(=O)n(-c3c(F)ccnc3C(C)C)c3c2CCC(c2cc(O)cc4ccccc24)N3C)[C@@H](C)C1. The molecule has 126 heavy (non-hydrogen) atoms. The molecule has 3 amide bonds. The number of nitrogens with zero attached hydrogens (tertiary/aromatic N) is 18. The smallest absolute Gasteiger partial charge is 0.355 e. The van der Waals surface area contributed by atoms with E-state index < -0.39 is 46.6 Å². The summed E-state index contributed by atoms with van der Waals surface area (Å²) in [4.78, 5) is 124. The first-order chi connectivity index (χ1) is 60.2. The van der Waals surface area contributed by atoms with Crippen LogP contribution in [0.3, 0.4) is 0 Å². The minimum atomic E-state index is -0.599. The first-order valence-corrected chi connectivity index (χ1v) is 43.1. The van der Waals surface area contributed by atoms with Gasteiger partial charge in [0, 0.05) is 133 Å². The van der Waals surface area contributed by atoms with Gasteiger partial charge in [-0.1, -0.05) is 97.7 Å². The van der Waals surface area contributed by atoms with Gasteiger partial charge in [0.25, 0.3) is 0 Å². The van der Waals surface area contributed by atoms with E-state index in [1.807, 2.05) is 148 Å². The van der Waals surface area contributed by atoms with Gasteiger partial charge in [-0.3, -0.25) is 29.3 Å². The minimum Gasteiger partial charge on any atom is -0.508 e. The van der Waals surface area contributed by atoms with Gasteiger partial charge in [-0.05, 0) is 191 Å². The average Bonchev–Trinajstić information content (AvgIpc) is 0.736. The molecule has 6 atom stereocenters. The van der Waals surface area contributed by atoms with Crippen molar-refractivity contribution in [1.82, 2.24) is 58.3 Å². The number of carbonyl (C=O) groups is 3. The maximum Gasteiger partial charge on any atom is 0.355 e. The fourth-order valence-electron chi connectivity index (χ4n) is 19.4. The number of carbonyl (C=O) groups excluding carboxylic acids is 3. The molecular formula is C96H111F3N18O9. The number of aryl methyl sites for hydroxylation is 2. The van der Waals surface area contributed by atoms with E-state index >= 15 is 13.2 Å². The van der Waals surface area contributed by atoms with Gasteiger partial charge in [-0.25, -0.2) is 41.3 Å². The molecule has 30 heteroatoms. The molecule has 3 N–H and O–H groups in total. The van der Waals surface area contributed by atoms with Crippen molar-refractivity contribution in [1.29, 1.82) is 0 Å². The van der Waals surface area contributed by atoms with Crippen molar-refractivity contribution in [2.24, 2.45) is 0 Å². The van der Waals surface area contributed by atoms with E-state index in [2.05, 4.69) is 64.3 Å². The second-order valence-corrected chi connectivity index (χ2v) is 34.5. The molecule has 16 rings (SSSR count). The van der Waals surface area contributed by atoms with Crippen LogP contribution in [0, 0.1) is 31.3 Å². The van der Waals surface area contributed by atoms with Crippen LogP contribution < -0.4 is 46.5 Å². The maximum atomic E-state index is 15.8. The molecule has 0 bridgehead atoms. The Kier molecular flexibility index (Phi) is 25.9. The van der Waals surface area contributed by atoms with Crippen LogP contribution >= 0.6 is 0 Å². The van der Waals surface area contributed by atoms with Gasteiger partial charge in [0.1, 0.15) is 69.5 Å². The summed E-state index contributed by atoms with van der Waals surface area (Å²) in [5, 5.41) is 34.0. The summed E-state index contributed by atoms with van der Waals surface area (Å²) in [6, 6.07) is 23.5. The van der Waals surface area contributed by atoms with Crippen LogP contribution in [0.1, 0.15) is 179 Å². The van der Waals surface area contributed by atoms with E-state index in [0.717, 1.165) is 55.5 Å². The molecule has 6 aromatic heterocycles. The number of pyridine rings is 3. The van der Waals surface area contributed by atoms with Crippen LogP contribution in [-0.2, 0) is 33.6 Å². The zero-order chi connectivity index (χ0) is 90.5. The minimum absolute atomic E-state index is 0.0305. The Hall–Kier alpha value is -13.2.